The summed E-state index contributed by atoms with van der Waals surface area (Å²) in [5.74, 6) is 0. The van der Waals surface area contributed by atoms with Gasteiger partial charge in [0, 0.05) is 6.42 Å². The third-order valence-corrected chi connectivity index (χ3v) is 2.01. The fraction of sp³-hybridized carbons (Fsp3) is 0.444. The van der Waals surface area contributed by atoms with Gasteiger partial charge >= 0.3 is 6.09 Å². The summed E-state index contributed by atoms with van der Waals surface area (Å²) >= 11 is 0. The standard InChI is InChI=1S/C9H13NO2/c1-2-9(12-8(10)11)6-4-3-5-7-9/h3-6H,2,7H2,1H3,(H2,10,11). The van der Waals surface area contributed by atoms with E-state index in [1.807, 2.05) is 31.2 Å². The van der Waals surface area contributed by atoms with Crippen molar-refractivity contribution in [2.24, 2.45) is 5.73 Å². The monoisotopic (exact) mass is 167 g/mol. The van der Waals surface area contributed by atoms with E-state index < -0.39 is 11.7 Å². The SMILES string of the molecule is CCC1(OC(N)=O)C=CC=CC1. The molecule has 1 rings (SSSR count). The largest absolute Gasteiger partial charge is 0.439 e. The minimum Gasteiger partial charge on any atom is -0.439 e. The minimum atomic E-state index is -0.711. The van der Waals surface area contributed by atoms with E-state index in [-0.39, 0.29) is 0 Å². The molecular weight excluding hydrogens is 154 g/mol. The van der Waals surface area contributed by atoms with Crippen LogP contribution >= 0.6 is 0 Å². The van der Waals surface area contributed by atoms with Crippen molar-refractivity contribution in [3.8, 4) is 0 Å². The highest BCUT2D eigenvalue weighted by atomic mass is 16.6. The van der Waals surface area contributed by atoms with E-state index in [1.54, 1.807) is 0 Å². The van der Waals surface area contributed by atoms with E-state index >= 15 is 0 Å². The molecule has 0 aromatic carbocycles. The van der Waals surface area contributed by atoms with Crippen LogP contribution in [0.15, 0.2) is 24.3 Å². The molecular formula is C9H13NO2. The first kappa shape index (κ1) is 8.84. The molecule has 0 aliphatic heterocycles. The molecule has 0 aromatic heterocycles. The molecule has 3 nitrogen and oxygen atoms in total. The molecule has 12 heavy (non-hydrogen) atoms. The van der Waals surface area contributed by atoms with Crippen LogP contribution in [0.4, 0.5) is 4.79 Å². The second kappa shape index (κ2) is 3.43. The summed E-state index contributed by atoms with van der Waals surface area (Å²) in [5.41, 5.74) is 4.47. The third-order valence-electron chi connectivity index (χ3n) is 2.01. The van der Waals surface area contributed by atoms with Crippen LogP contribution in [-0.4, -0.2) is 11.7 Å². The number of amides is 1. The van der Waals surface area contributed by atoms with Crippen molar-refractivity contribution in [2.75, 3.05) is 0 Å². The van der Waals surface area contributed by atoms with Gasteiger partial charge in [0.1, 0.15) is 5.60 Å². The zero-order valence-electron chi connectivity index (χ0n) is 7.12. The Morgan fingerprint density at radius 2 is 2.42 bits per heavy atom. The van der Waals surface area contributed by atoms with Gasteiger partial charge in [0.25, 0.3) is 0 Å². The molecule has 0 radical (unpaired) electrons. The molecule has 0 bridgehead atoms. The maximum Gasteiger partial charge on any atom is 0.405 e. The molecule has 1 aliphatic rings. The molecule has 0 spiro atoms. The van der Waals surface area contributed by atoms with Crippen molar-refractivity contribution in [1.29, 1.82) is 0 Å². The molecule has 2 N–H and O–H groups in total. The lowest BCUT2D eigenvalue weighted by Gasteiger charge is -2.28. The van der Waals surface area contributed by atoms with Crippen molar-refractivity contribution >= 4 is 6.09 Å². The summed E-state index contributed by atoms with van der Waals surface area (Å²) in [6, 6.07) is 0. The molecule has 3 heteroatoms. The van der Waals surface area contributed by atoms with Crippen molar-refractivity contribution in [1.82, 2.24) is 0 Å². The topological polar surface area (TPSA) is 52.3 Å². The fourth-order valence-electron chi connectivity index (χ4n) is 1.26. The molecule has 66 valence electrons. The Kier molecular flexibility index (Phi) is 2.53. The lowest BCUT2D eigenvalue weighted by Crippen LogP contribution is -2.35. The van der Waals surface area contributed by atoms with Crippen molar-refractivity contribution in [3.63, 3.8) is 0 Å². The average Bonchev–Trinajstić information content (AvgIpc) is 2.05. The molecule has 0 fully saturated rings. The second-order valence-corrected chi connectivity index (χ2v) is 2.83. The molecule has 0 saturated heterocycles. The zero-order valence-corrected chi connectivity index (χ0v) is 7.12. The number of carbonyl (C=O) groups is 1. The number of ether oxygens (including phenoxy) is 1. The van der Waals surface area contributed by atoms with E-state index in [4.69, 9.17) is 10.5 Å². The number of carbonyl (C=O) groups excluding carboxylic acids is 1. The van der Waals surface area contributed by atoms with Gasteiger partial charge in [0.15, 0.2) is 0 Å². The average molecular weight is 167 g/mol. The number of primary amides is 1. The highest BCUT2D eigenvalue weighted by Gasteiger charge is 2.28. The van der Waals surface area contributed by atoms with Crippen molar-refractivity contribution in [3.05, 3.63) is 24.3 Å². The van der Waals surface area contributed by atoms with Gasteiger partial charge < -0.3 is 10.5 Å². The predicted octanol–water partition coefficient (Wildman–Crippen LogP) is 1.75. The number of rotatable bonds is 2. The summed E-state index contributed by atoms with van der Waals surface area (Å²) < 4.78 is 5.03. The Morgan fingerprint density at radius 3 is 2.83 bits per heavy atom. The molecule has 1 atom stereocenters. The summed E-state index contributed by atoms with van der Waals surface area (Å²) in [6.45, 7) is 1.96. The molecule has 0 heterocycles. The number of allylic oxidation sites excluding steroid dienone is 2. The maximum absolute atomic E-state index is 10.6. The Hall–Kier alpha value is -1.25. The van der Waals surface area contributed by atoms with Crippen LogP contribution in [0.25, 0.3) is 0 Å². The summed E-state index contributed by atoms with van der Waals surface area (Å²) in [5, 5.41) is 0. The highest BCUT2D eigenvalue weighted by Crippen LogP contribution is 2.25. The summed E-state index contributed by atoms with van der Waals surface area (Å²) in [7, 11) is 0. The first-order valence-electron chi connectivity index (χ1n) is 4.01. The smallest absolute Gasteiger partial charge is 0.405 e. The van der Waals surface area contributed by atoms with Crippen LogP contribution in [0.2, 0.25) is 0 Å². The highest BCUT2D eigenvalue weighted by molar-refractivity contribution is 5.65. The van der Waals surface area contributed by atoms with Gasteiger partial charge in [-0.15, -0.1) is 0 Å². The quantitative estimate of drug-likeness (QED) is 0.681. The van der Waals surface area contributed by atoms with Gasteiger partial charge in [-0.1, -0.05) is 25.2 Å². The van der Waals surface area contributed by atoms with Crippen LogP contribution < -0.4 is 5.73 Å². The Balaban J connectivity index is 2.69. The van der Waals surface area contributed by atoms with Crippen molar-refractivity contribution in [2.45, 2.75) is 25.4 Å². The van der Waals surface area contributed by atoms with Crippen molar-refractivity contribution < 1.29 is 9.53 Å². The van der Waals surface area contributed by atoms with Gasteiger partial charge in [0.2, 0.25) is 0 Å². The minimum absolute atomic E-state index is 0.499. The first-order valence-corrected chi connectivity index (χ1v) is 4.01. The normalized spacial score (nSPS) is 27.1. The van der Waals surface area contributed by atoms with Crippen LogP contribution in [0.5, 0.6) is 0 Å². The fourth-order valence-corrected chi connectivity index (χ4v) is 1.26. The van der Waals surface area contributed by atoms with Gasteiger partial charge in [0.05, 0.1) is 0 Å². The number of hydrogen-bond acceptors (Lipinski definition) is 2. The molecule has 1 unspecified atom stereocenters. The molecule has 0 saturated carbocycles. The van der Waals surface area contributed by atoms with Crippen LogP contribution in [-0.2, 0) is 4.74 Å². The number of nitrogens with two attached hydrogens (primary N) is 1. The van der Waals surface area contributed by atoms with E-state index in [9.17, 15) is 4.79 Å². The summed E-state index contributed by atoms with van der Waals surface area (Å²) in [6.07, 6.45) is 8.38. The van der Waals surface area contributed by atoms with Crippen LogP contribution in [0.1, 0.15) is 19.8 Å². The van der Waals surface area contributed by atoms with E-state index in [1.165, 1.54) is 0 Å². The van der Waals surface area contributed by atoms with Gasteiger partial charge in [-0.2, -0.15) is 0 Å². The number of hydrogen-bond donors (Lipinski definition) is 1. The summed E-state index contributed by atoms with van der Waals surface area (Å²) in [4.78, 5) is 10.6. The Bertz CT molecular complexity index is 233. The zero-order chi connectivity index (χ0) is 9.03. The Morgan fingerprint density at radius 1 is 1.67 bits per heavy atom. The van der Waals surface area contributed by atoms with E-state index in [0.717, 1.165) is 6.42 Å². The van der Waals surface area contributed by atoms with Crippen LogP contribution in [0, 0.1) is 0 Å². The first-order chi connectivity index (χ1) is 5.68. The lowest BCUT2D eigenvalue weighted by atomic mass is 9.92. The third kappa shape index (κ3) is 1.87. The van der Waals surface area contributed by atoms with Gasteiger partial charge in [-0.3, -0.25) is 0 Å². The second-order valence-electron chi connectivity index (χ2n) is 2.83. The van der Waals surface area contributed by atoms with Crippen LogP contribution in [0.3, 0.4) is 0 Å². The molecule has 0 aromatic rings. The maximum atomic E-state index is 10.6. The lowest BCUT2D eigenvalue weighted by molar-refractivity contribution is 0.0520. The Labute approximate surface area is 71.9 Å². The van der Waals surface area contributed by atoms with Gasteiger partial charge in [-0.25, -0.2) is 4.79 Å². The predicted molar refractivity (Wildman–Crippen MR) is 46.6 cm³/mol. The molecule has 1 amide bonds. The van der Waals surface area contributed by atoms with E-state index in [2.05, 4.69) is 0 Å². The molecule has 1 aliphatic carbocycles. The van der Waals surface area contributed by atoms with E-state index in [0.29, 0.717) is 6.42 Å². The van der Waals surface area contributed by atoms with Gasteiger partial charge in [-0.05, 0) is 12.5 Å².